The minimum absolute atomic E-state index is 0.541. The van der Waals surface area contributed by atoms with Gasteiger partial charge >= 0.3 is 0 Å². The summed E-state index contributed by atoms with van der Waals surface area (Å²) in [5.41, 5.74) is 0. The number of nitriles is 2. The normalized spacial score (nSPS) is 19.8. The number of likely N-dealkylation sites (tertiary alicyclic amines) is 1. The minimum atomic E-state index is 0.541. The Labute approximate surface area is 73.2 Å². The summed E-state index contributed by atoms with van der Waals surface area (Å²) >= 11 is 0. The molecule has 64 valence electrons. The first-order chi connectivity index (χ1) is 5.86. The zero-order valence-corrected chi connectivity index (χ0v) is 7.16. The molecule has 0 unspecified atom stereocenters. The molecule has 12 heavy (non-hydrogen) atoms. The van der Waals surface area contributed by atoms with Crippen LogP contribution in [0.15, 0.2) is 0 Å². The summed E-state index contributed by atoms with van der Waals surface area (Å²) in [6, 6.07) is 4.35. The quantitative estimate of drug-likeness (QED) is 0.573. The van der Waals surface area contributed by atoms with E-state index in [1.165, 1.54) is 0 Å². The fourth-order valence-corrected chi connectivity index (χ4v) is 1.58. The fourth-order valence-electron chi connectivity index (χ4n) is 1.58. The lowest BCUT2D eigenvalue weighted by molar-refractivity contribution is 0.205. The largest absolute Gasteiger partial charge is 0.291 e. The van der Waals surface area contributed by atoms with Crippen LogP contribution >= 0.6 is 0 Å². The first-order valence-electron chi connectivity index (χ1n) is 4.33. The summed E-state index contributed by atoms with van der Waals surface area (Å²) in [6.45, 7) is 2.51. The van der Waals surface area contributed by atoms with Crippen LogP contribution in [0.5, 0.6) is 0 Å². The number of nitrogens with zero attached hydrogens (tertiary/aromatic N) is 3. The highest BCUT2D eigenvalue weighted by molar-refractivity contribution is 4.84. The van der Waals surface area contributed by atoms with Gasteiger partial charge in [0.15, 0.2) is 0 Å². The molecule has 1 fully saturated rings. The van der Waals surface area contributed by atoms with Gasteiger partial charge in [0.2, 0.25) is 0 Å². The van der Waals surface area contributed by atoms with Crippen LogP contribution in [0.2, 0.25) is 0 Å². The number of hydrogen-bond acceptors (Lipinski definition) is 3. The van der Waals surface area contributed by atoms with Gasteiger partial charge in [-0.15, -0.1) is 0 Å². The van der Waals surface area contributed by atoms with Crippen molar-refractivity contribution in [2.75, 3.05) is 19.6 Å². The summed E-state index contributed by atoms with van der Waals surface area (Å²) in [5, 5.41) is 16.9. The van der Waals surface area contributed by atoms with Crippen molar-refractivity contribution in [2.24, 2.45) is 5.92 Å². The monoisotopic (exact) mass is 163 g/mol. The van der Waals surface area contributed by atoms with Crippen LogP contribution in [0.3, 0.4) is 0 Å². The lowest BCUT2D eigenvalue weighted by Gasteiger charge is -2.28. The molecular formula is C9H13N3. The molecule has 0 radical (unpaired) electrons. The van der Waals surface area contributed by atoms with Crippen molar-refractivity contribution in [3.05, 3.63) is 0 Å². The van der Waals surface area contributed by atoms with Crippen molar-refractivity contribution in [1.29, 1.82) is 10.5 Å². The highest BCUT2D eigenvalue weighted by Gasteiger charge is 2.17. The second-order valence-electron chi connectivity index (χ2n) is 3.24. The molecule has 0 aromatic heterocycles. The van der Waals surface area contributed by atoms with E-state index in [2.05, 4.69) is 17.0 Å². The molecule has 0 spiro atoms. The lowest BCUT2D eigenvalue weighted by atomic mass is 9.94. The van der Waals surface area contributed by atoms with Crippen LogP contribution < -0.4 is 0 Å². The molecule has 0 aromatic carbocycles. The summed E-state index contributed by atoms with van der Waals surface area (Å²) < 4.78 is 0. The van der Waals surface area contributed by atoms with Crippen LogP contribution in [0.1, 0.15) is 19.3 Å². The predicted octanol–water partition coefficient (Wildman–Crippen LogP) is 1.14. The molecule has 0 saturated carbocycles. The standard InChI is InChI=1S/C9H13N3/c10-4-1-9-2-6-12(7-3-9)8-5-11/h9H,1-3,6-8H2. The van der Waals surface area contributed by atoms with Gasteiger partial charge in [0.05, 0.1) is 18.7 Å². The van der Waals surface area contributed by atoms with Crippen molar-refractivity contribution in [3.8, 4) is 12.1 Å². The zero-order chi connectivity index (χ0) is 8.81. The van der Waals surface area contributed by atoms with E-state index in [0.29, 0.717) is 18.9 Å². The van der Waals surface area contributed by atoms with Crippen molar-refractivity contribution in [3.63, 3.8) is 0 Å². The van der Waals surface area contributed by atoms with E-state index in [9.17, 15) is 0 Å². The molecule has 1 aliphatic rings. The molecule has 0 bridgehead atoms. The molecule has 1 saturated heterocycles. The van der Waals surface area contributed by atoms with Gasteiger partial charge in [0.25, 0.3) is 0 Å². The highest BCUT2D eigenvalue weighted by Crippen LogP contribution is 2.19. The van der Waals surface area contributed by atoms with Crippen LogP contribution in [0, 0.1) is 28.6 Å². The predicted molar refractivity (Wildman–Crippen MR) is 45.0 cm³/mol. The molecule has 0 N–H and O–H groups in total. The second-order valence-corrected chi connectivity index (χ2v) is 3.24. The maximum Gasteiger partial charge on any atom is 0.0865 e. The van der Waals surface area contributed by atoms with E-state index in [1.807, 2.05) is 0 Å². The van der Waals surface area contributed by atoms with Crippen molar-refractivity contribution in [1.82, 2.24) is 4.90 Å². The SMILES string of the molecule is N#CCC1CCN(CC#N)CC1. The van der Waals surface area contributed by atoms with E-state index in [4.69, 9.17) is 10.5 Å². The third-order valence-electron chi connectivity index (χ3n) is 2.38. The van der Waals surface area contributed by atoms with E-state index >= 15 is 0 Å². The molecule has 1 aliphatic heterocycles. The van der Waals surface area contributed by atoms with Gasteiger partial charge in [-0.2, -0.15) is 10.5 Å². The van der Waals surface area contributed by atoms with Crippen molar-refractivity contribution >= 4 is 0 Å². The lowest BCUT2D eigenvalue weighted by Crippen LogP contribution is -2.33. The Kier molecular flexibility index (Phi) is 3.57. The maximum absolute atomic E-state index is 8.47. The summed E-state index contributed by atoms with van der Waals surface area (Å²) in [4.78, 5) is 2.15. The van der Waals surface area contributed by atoms with E-state index in [-0.39, 0.29) is 0 Å². The van der Waals surface area contributed by atoms with E-state index < -0.39 is 0 Å². The maximum atomic E-state index is 8.47. The van der Waals surface area contributed by atoms with Crippen molar-refractivity contribution < 1.29 is 0 Å². The third kappa shape index (κ3) is 2.53. The topological polar surface area (TPSA) is 50.8 Å². The average molecular weight is 163 g/mol. The number of hydrogen-bond donors (Lipinski definition) is 0. The second kappa shape index (κ2) is 4.74. The smallest absolute Gasteiger partial charge is 0.0865 e. The Morgan fingerprint density at radius 3 is 2.33 bits per heavy atom. The molecule has 0 aliphatic carbocycles. The Bertz CT molecular complexity index is 179. The first-order valence-corrected chi connectivity index (χ1v) is 4.33. The minimum Gasteiger partial charge on any atom is -0.291 e. The van der Waals surface area contributed by atoms with Crippen LogP contribution in [-0.4, -0.2) is 24.5 Å². The summed E-state index contributed by atoms with van der Waals surface area (Å²) in [7, 11) is 0. The van der Waals surface area contributed by atoms with E-state index in [0.717, 1.165) is 25.9 Å². The van der Waals surface area contributed by atoms with Crippen LogP contribution in [-0.2, 0) is 0 Å². The van der Waals surface area contributed by atoms with Crippen LogP contribution in [0.4, 0.5) is 0 Å². The molecule has 1 rings (SSSR count). The number of piperidine rings is 1. The van der Waals surface area contributed by atoms with Crippen LogP contribution in [0.25, 0.3) is 0 Å². The molecule has 0 aromatic rings. The van der Waals surface area contributed by atoms with Crippen molar-refractivity contribution in [2.45, 2.75) is 19.3 Å². The van der Waals surface area contributed by atoms with Gasteiger partial charge < -0.3 is 0 Å². The molecule has 3 heteroatoms. The average Bonchev–Trinajstić information content (AvgIpc) is 2.09. The Morgan fingerprint density at radius 2 is 1.83 bits per heavy atom. The Hall–Kier alpha value is -1.06. The number of rotatable bonds is 2. The van der Waals surface area contributed by atoms with Gasteiger partial charge in [-0.3, -0.25) is 4.90 Å². The fraction of sp³-hybridized carbons (Fsp3) is 0.778. The summed E-state index contributed by atoms with van der Waals surface area (Å²) in [6.07, 6.45) is 2.84. The van der Waals surface area contributed by atoms with E-state index in [1.54, 1.807) is 0 Å². The highest BCUT2D eigenvalue weighted by atomic mass is 15.1. The molecular weight excluding hydrogens is 150 g/mol. The molecule has 0 atom stereocenters. The third-order valence-corrected chi connectivity index (χ3v) is 2.38. The van der Waals surface area contributed by atoms with Gasteiger partial charge in [-0.25, -0.2) is 0 Å². The molecule has 1 heterocycles. The first kappa shape index (κ1) is 9.03. The Morgan fingerprint density at radius 1 is 1.17 bits per heavy atom. The Balaban J connectivity index is 2.22. The van der Waals surface area contributed by atoms with Gasteiger partial charge in [-0.1, -0.05) is 0 Å². The zero-order valence-electron chi connectivity index (χ0n) is 7.16. The van der Waals surface area contributed by atoms with Gasteiger partial charge in [-0.05, 0) is 31.8 Å². The molecule has 3 nitrogen and oxygen atoms in total. The van der Waals surface area contributed by atoms with Gasteiger partial charge in [0.1, 0.15) is 0 Å². The summed E-state index contributed by atoms with van der Waals surface area (Å²) in [5.74, 6) is 0.574. The molecule has 0 amide bonds. The van der Waals surface area contributed by atoms with Gasteiger partial charge in [0, 0.05) is 6.42 Å².